The zero-order chi connectivity index (χ0) is 14.4. The number of amides is 1. The first-order valence-electron chi connectivity index (χ1n) is 5.90. The van der Waals surface area contributed by atoms with Crippen LogP contribution in [0.5, 0.6) is 0 Å². The van der Waals surface area contributed by atoms with Gasteiger partial charge < -0.3 is 11.1 Å². The van der Waals surface area contributed by atoms with Crippen molar-refractivity contribution in [2.45, 2.75) is 26.2 Å². The fourth-order valence-electron chi connectivity index (χ4n) is 1.60. The number of unbranched alkanes of at least 4 members (excludes halogenated alkanes) is 1. The highest BCUT2D eigenvalue weighted by molar-refractivity contribution is 9.10. The van der Waals surface area contributed by atoms with Crippen LogP contribution in [-0.2, 0) is 4.79 Å². The van der Waals surface area contributed by atoms with E-state index in [9.17, 15) is 14.9 Å². The lowest BCUT2D eigenvalue weighted by Gasteiger charge is -2.08. The Labute approximate surface area is 119 Å². The lowest BCUT2D eigenvalue weighted by molar-refractivity contribution is -0.385. The van der Waals surface area contributed by atoms with Crippen LogP contribution in [0.15, 0.2) is 16.6 Å². The van der Waals surface area contributed by atoms with Gasteiger partial charge in [0.05, 0.1) is 10.6 Å². The molecule has 1 amide bonds. The van der Waals surface area contributed by atoms with Crippen LogP contribution in [-0.4, -0.2) is 17.4 Å². The number of nitrogens with one attached hydrogen (secondary N) is 1. The van der Waals surface area contributed by atoms with Crippen LogP contribution in [0.4, 0.5) is 11.4 Å². The molecular weight excluding hydrogens is 314 g/mol. The molecule has 0 aliphatic heterocycles. The van der Waals surface area contributed by atoms with Gasteiger partial charge in [-0.25, -0.2) is 0 Å². The smallest absolute Gasteiger partial charge is 0.274 e. The SMILES string of the molecule is Cc1cc(Br)c(NC(=O)CCCCN)cc1[N+](=O)[O-]. The zero-order valence-electron chi connectivity index (χ0n) is 10.6. The van der Waals surface area contributed by atoms with Gasteiger partial charge in [0.1, 0.15) is 0 Å². The Balaban J connectivity index is 2.80. The first-order chi connectivity index (χ1) is 8.95. The molecular formula is C12H16BrN3O3. The minimum atomic E-state index is -0.466. The van der Waals surface area contributed by atoms with E-state index in [2.05, 4.69) is 21.2 Å². The van der Waals surface area contributed by atoms with E-state index < -0.39 is 4.92 Å². The third-order valence-electron chi connectivity index (χ3n) is 2.61. The number of nitrogens with two attached hydrogens (primary N) is 1. The van der Waals surface area contributed by atoms with Gasteiger partial charge in [-0.3, -0.25) is 14.9 Å². The van der Waals surface area contributed by atoms with E-state index in [1.54, 1.807) is 13.0 Å². The van der Waals surface area contributed by atoms with Crippen LogP contribution in [0.25, 0.3) is 0 Å². The Morgan fingerprint density at radius 1 is 1.47 bits per heavy atom. The van der Waals surface area contributed by atoms with Gasteiger partial charge in [0.25, 0.3) is 5.69 Å². The van der Waals surface area contributed by atoms with Gasteiger partial charge in [0.15, 0.2) is 0 Å². The maximum absolute atomic E-state index is 11.7. The number of hydrogen-bond acceptors (Lipinski definition) is 4. The molecule has 1 rings (SSSR count). The van der Waals surface area contributed by atoms with Crippen LogP contribution < -0.4 is 11.1 Å². The summed E-state index contributed by atoms with van der Waals surface area (Å²) in [4.78, 5) is 22.0. The molecule has 0 saturated carbocycles. The molecule has 0 aromatic heterocycles. The number of nitro groups is 1. The molecule has 3 N–H and O–H groups in total. The number of nitrogens with zero attached hydrogens (tertiary/aromatic N) is 1. The molecule has 104 valence electrons. The Hall–Kier alpha value is -1.47. The second kappa shape index (κ2) is 7.20. The second-order valence-electron chi connectivity index (χ2n) is 4.17. The van der Waals surface area contributed by atoms with Gasteiger partial charge >= 0.3 is 0 Å². The second-order valence-corrected chi connectivity index (χ2v) is 5.02. The van der Waals surface area contributed by atoms with E-state index >= 15 is 0 Å². The van der Waals surface area contributed by atoms with E-state index in [0.717, 1.165) is 6.42 Å². The number of rotatable bonds is 6. The molecule has 1 aromatic rings. The van der Waals surface area contributed by atoms with Crippen LogP contribution in [0.1, 0.15) is 24.8 Å². The fourth-order valence-corrected chi connectivity index (χ4v) is 2.15. The predicted octanol–water partition coefficient (Wildman–Crippen LogP) is 2.73. The average Bonchev–Trinajstić information content (AvgIpc) is 2.32. The van der Waals surface area contributed by atoms with Crippen LogP contribution in [0, 0.1) is 17.0 Å². The maximum atomic E-state index is 11.7. The summed E-state index contributed by atoms with van der Waals surface area (Å²) in [5.74, 6) is -0.174. The first kappa shape index (κ1) is 15.6. The summed E-state index contributed by atoms with van der Waals surface area (Å²) in [7, 11) is 0. The van der Waals surface area contributed by atoms with Gasteiger partial charge in [-0.2, -0.15) is 0 Å². The number of aryl methyl sites for hydroxylation is 1. The van der Waals surface area contributed by atoms with Crippen LogP contribution in [0.2, 0.25) is 0 Å². The van der Waals surface area contributed by atoms with Crippen molar-refractivity contribution >= 4 is 33.2 Å². The summed E-state index contributed by atoms with van der Waals surface area (Å²) in [6.45, 7) is 2.20. The van der Waals surface area contributed by atoms with E-state index in [0.29, 0.717) is 35.1 Å². The van der Waals surface area contributed by atoms with Gasteiger partial charge in [-0.05, 0) is 48.3 Å². The summed E-state index contributed by atoms with van der Waals surface area (Å²) in [6.07, 6.45) is 1.84. The molecule has 0 bridgehead atoms. The lowest BCUT2D eigenvalue weighted by Crippen LogP contribution is -2.12. The number of benzene rings is 1. The van der Waals surface area contributed by atoms with E-state index in [-0.39, 0.29) is 11.6 Å². The summed E-state index contributed by atoms with van der Waals surface area (Å²) in [5, 5.41) is 13.5. The minimum absolute atomic E-state index is 0.0135. The standard InChI is InChI=1S/C12H16BrN3O3/c1-8-6-9(13)10(7-11(8)16(18)19)15-12(17)4-2-3-5-14/h6-7H,2-5,14H2,1H3,(H,15,17). The first-order valence-corrected chi connectivity index (χ1v) is 6.69. The monoisotopic (exact) mass is 329 g/mol. The van der Waals surface area contributed by atoms with Crippen LogP contribution in [0.3, 0.4) is 0 Å². The highest BCUT2D eigenvalue weighted by Gasteiger charge is 2.15. The third kappa shape index (κ3) is 4.60. The van der Waals surface area contributed by atoms with E-state index in [1.165, 1.54) is 6.07 Å². The molecule has 0 radical (unpaired) electrons. The van der Waals surface area contributed by atoms with Gasteiger partial charge in [0.2, 0.25) is 5.91 Å². The predicted molar refractivity (Wildman–Crippen MR) is 77.1 cm³/mol. The highest BCUT2D eigenvalue weighted by atomic mass is 79.9. The number of nitro benzene ring substituents is 1. The molecule has 0 unspecified atom stereocenters. The average molecular weight is 330 g/mol. The van der Waals surface area contributed by atoms with E-state index in [1.807, 2.05) is 0 Å². The lowest BCUT2D eigenvalue weighted by atomic mass is 10.1. The minimum Gasteiger partial charge on any atom is -0.330 e. The molecule has 0 aliphatic rings. The molecule has 0 heterocycles. The highest BCUT2D eigenvalue weighted by Crippen LogP contribution is 2.30. The number of hydrogen-bond donors (Lipinski definition) is 2. The maximum Gasteiger partial charge on any atom is 0.274 e. The Morgan fingerprint density at radius 3 is 2.74 bits per heavy atom. The van der Waals surface area contributed by atoms with Gasteiger partial charge in [-0.1, -0.05) is 0 Å². The quantitative estimate of drug-likeness (QED) is 0.476. The van der Waals surface area contributed by atoms with Crippen molar-refractivity contribution < 1.29 is 9.72 Å². The molecule has 6 nitrogen and oxygen atoms in total. The Morgan fingerprint density at radius 2 is 2.16 bits per heavy atom. The van der Waals surface area contributed by atoms with Crippen molar-refractivity contribution in [2.24, 2.45) is 5.73 Å². The van der Waals surface area contributed by atoms with Crippen molar-refractivity contribution in [3.63, 3.8) is 0 Å². The molecule has 0 spiro atoms. The number of carbonyl (C=O) groups is 1. The number of halogens is 1. The summed E-state index contributed by atoms with van der Waals surface area (Å²) in [5.41, 5.74) is 6.29. The molecule has 7 heteroatoms. The zero-order valence-corrected chi connectivity index (χ0v) is 12.2. The normalized spacial score (nSPS) is 10.3. The number of carbonyl (C=O) groups excluding carboxylic acids is 1. The molecule has 0 saturated heterocycles. The van der Waals surface area contributed by atoms with E-state index in [4.69, 9.17) is 5.73 Å². The largest absolute Gasteiger partial charge is 0.330 e. The van der Waals surface area contributed by atoms with Crippen LogP contribution >= 0.6 is 15.9 Å². The van der Waals surface area contributed by atoms with Crippen molar-refractivity contribution in [3.8, 4) is 0 Å². The third-order valence-corrected chi connectivity index (χ3v) is 3.27. The Bertz CT molecular complexity index is 491. The summed E-state index contributed by atoms with van der Waals surface area (Å²) < 4.78 is 0.628. The molecule has 19 heavy (non-hydrogen) atoms. The van der Waals surface area contributed by atoms with Crippen molar-refractivity contribution in [2.75, 3.05) is 11.9 Å². The van der Waals surface area contributed by atoms with Crippen molar-refractivity contribution in [3.05, 3.63) is 32.3 Å². The topological polar surface area (TPSA) is 98.3 Å². The summed E-state index contributed by atoms with van der Waals surface area (Å²) >= 11 is 3.28. The molecule has 0 fully saturated rings. The van der Waals surface area contributed by atoms with Gasteiger partial charge in [-0.15, -0.1) is 0 Å². The molecule has 1 aromatic carbocycles. The van der Waals surface area contributed by atoms with Crippen molar-refractivity contribution in [1.29, 1.82) is 0 Å². The van der Waals surface area contributed by atoms with Crippen molar-refractivity contribution in [1.82, 2.24) is 0 Å². The summed E-state index contributed by atoms with van der Waals surface area (Å²) in [6, 6.07) is 2.98. The Kier molecular flexibility index (Phi) is 5.91. The molecule has 0 atom stereocenters. The molecule has 0 aliphatic carbocycles. The fraction of sp³-hybridized carbons (Fsp3) is 0.417. The van der Waals surface area contributed by atoms with Gasteiger partial charge in [0, 0.05) is 22.5 Å². The number of anilines is 1.